The number of nitrogens with one attached hydrogen (secondary N) is 1. The van der Waals surface area contributed by atoms with Crippen LogP contribution in [0.5, 0.6) is 0 Å². The molecule has 1 aliphatic heterocycles. The van der Waals surface area contributed by atoms with E-state index in [-0.39, 0.29) is 41.8 Å². The van der Waals surface area contributed by atoms with Gasteiger partial charge >= 0.3 is 5.97 Å². The molecule has 1 saturated heterocycles. The van der Waals surface area contributed by atoms with Crippen LogP contribution in [0.3, 0.4) is 0 Å². The highest BCUT2D eigenvalue weighted by atomic mass is 127. The maximum Gasteiger partial charge on any atom is 0.310 e. The van der Waals surface area contributed by atoms with Gasteiger partial charge in [-0.3, -0.25) is 9.59 Å². The fourth-order valence-corrected chi connectivity index (χ4v) is 3.66. The molecule has 1 aliphatic rings. The summed E-state index contributed by atoms with van der Waals surface area (Å²) in [6, 6.07) is 7.66. The van der Waals surface area contributed by atoms with Crippen LogP contribution < -0.4 is 5.32 Å². The van der Waals surface area contributed by atoms with Crippen molar-refractivity contribution >= 4 is 41.8 Å². The second-order valence-corrected chi connectivity index (χ2v) is 7.38. The molecule has 1 aromatic rings. The molecule has 1 unspecified atom stereocenters. The van der Waals surface area contributed by atoms with Gasteiger partial charge in [-0.2, -0.15) is 0 Å². The topological polar surface area (TPSA) is 74.2 Å². The Labute approximate surface area is 203 Å². The predicted molar refractivity (Wildman–Crippen MR) is 135 cm³/mol. The summed E-state index contributed by atoms with van der Waals surface area (Å²) in [4.78, 5) is 33.3. The molecule has 0 aromatic heterocycles. The average molecular weight is 544 g/mol. The molecule has 1 fully saturated rings. The van der Waals surface area contributed by atoms with Gasteiger partial charge in [0, 0.05) is 38.3 Å². The maximum atomic E-state index is 12.5. The zero-order valence-corrected chi connectivity index (χ0v) is 21.6. The minimum atomic E-state index is -0.119. The first-order valence-corrected chi connectivity index (χ1v) is 11.1. The number of halogens is 1. The van der Waals surface area contributed by atoms with Gasteiger partial charge in [0.25, 0.3) is 5.91 Å². The predicted octanol–water partition coefficient (Wildman–Crippen LogP) is 3.53. The minimum absolute atomic E-state index is 0. The number of nitrogens with zero attached hydrogens (tertiary/aromatic N) is 3. The normalized spacial score (nSPS) is 16.3. The summed E-state index contributed by atoms with van der Waals surface area (Å²) in [5.74, 6) is 0.649. The van der Waals surface area contributed by atoms with E-state index in [2.05, 4.69) is 10.2 Å². The second kappa shape index (κ2) is 14.3. The molecule has 0 spiro atoms. The van der Waals surface area contributed by atoms with Gasteiger partial charge in [0.05, 0.1) is 19.1 Å². The zero-order chi connectivity index (χ0) is 21.9. The van der Waals surface area contributed by atoms with Gasteiger partial charge in [0.15, 0.2) is 5.96 Å². The Morgan fingerprint density at radius 2 is 1.84 bits per heavy atom. The molecule has 0 radical (unpaired) electrons. The van der Waals surface area contributed by atoms with E-state index in [1.54, 1.807) is 0 Å². The number of carbonyl (C=O) groups excluding carboxylic acids is 2. The molecule has 1 heterocycles. The lowest BCUT2D eigenvalue weighted by molar-refractivity contribution is -0.149. The molecule has 8 heteroatoms. The summed E-state index contributed by atoms with van der Waals surface area (Å²) >= 11 is 0. The lowest BCUT2D eigenvalue weighted by Crippen LogP contribution is -2.48. The number of carbonyl (C=O) groups is 2. The lowest BCUT2D eigenvalue weighted by Gasteiger charge is -2.34. The molecule has 2 rings (SSSR count). The smallest absolute Gasteiger partial charge is 0.310 e. The summed E-state index contributed by atoms with van der Waals surface area (Å²) in [5.41, 5.74) is 1.74. The van der Waals surface area contributed by atoms with E-state index >= 15 is 0 Å². The molecule has 1 amide bonds. The Hall–Kier alpha value is -1.84. The van der Waals surface area contributed by atoms with Gasteiger partial charge in [-0.25, -0.2) is 4.99 Å². The first kappa shape index (κ1) is 27.2. The Kier molecular flexibility index (Phi) is 12.5. The van der Waals surface area contributed by atoms with Crippen molar-refractivity contribution in [3.8, 4) is 0 Å². The highest BCUT2D eigenvalue weighted by molar-refractivity contribution is 14.0. The largest absolute Gasteiger partial charge is 0.466 e. The van der Waals surface area contributed by atoms with Crippen LogP contribution in [0, 0.1) is 5.92 Å². The van der Waals surface area contributed by atoms with Gasteiger partial charge in [0.1, 0.15) is 0 Å². The molecular formula is C23H37IN4O3. The number of piperidine rings is 1. The number of amides is 1. The van der Waals surface area contributed by atoms with Crippen LogP contribution in [0.15, 0.2) is 29.3 Å². The molecule has 0 saturated carbocycles. The summed E-state index contributed by atoms with van der Waals surface area (Å²) < 4.78 is 5.21. The number of aliphatic imine (C=N–C) groups is 1. The van der Waals surface area contributed by atoms with Crippen molar-refractivity contribution in [1.82, 2.24) is 15.1 Å². The van der Waals surface area contributed by atoms with Crippen LogP contribution in [-0.2, 0) is 16.1 Å². The summed E-state index contributed by atoms with van der Waals surface area (Å²) in [5, 5.41) is 3.34. The molecule has 174 valence electrons. The van der Waals surface area contributed by atoms with E-state index in [1.807, 2.05) is 56.9 Å². The van der Waals surface area contributed by atoms with Crippen molar-refractivity contribution in [2.75, 3.05) is 39.3 Å². The molecule has 31 heavy (non-hydrogen) atoms. The van der Waals surface area contributed by atoms with E-state index in [4.69, 9.17) is 9.73 Å². The molecular weight excluding hydrogens is 507 g/mol. The molecule has 0 aliphatic carbocycles. The van der Waals surface area contributed by atoms with Crippen molar-refractivity contribution in [3.05, 3.63) is 35.4 Å². The maximum absolute atomic E-state index is 12.5. The fraction of sp³-hybridized carbons (Fsp3) is 0.609. The van der Waals surface area contributed by atoms with E-state index in [9.17, 15) is 9.59 Å². The van der Waals surface area contributed by atoms with Gasteiger partial charge in [-0.05, 0) is 58.2 Å². The van der Waals surface area contributed by atoms with Crippen LogP contribution in [-0.4, -0.2) is 67.0 Å². The van der Waals surface area contributed by atoms with Crippen molar-refractivity contribution in [1.29, 1.82) is 0 Å². The molecule has 1 aromatic carbocycles. The third-order valence-electron chi connectivity index (χ3n) is 5.34. The first-order chi connectivity index (χ1) is 14.5. The van der Waals surface area contributed by atoms with E-state index in [0.717, 1.165) is 37.5 Å². The van der Waals surface area contributed by atoms with Crippen molar-refractivity contribution < 1.29 is 14.3 Å². The third-order valence-corrected chi connectivity index (χ3v) is 5.34. The van der Waals surface area contributed by atoms with Crippen molar-refractivity contribution in [2.24, 2.45) is 10.9 Å². The Morgan fingerprint density at radius 3 is 2.42 bits per heavy atom. The lowest BCUT2D eigenvalue weighted by atomic mass is 9.98. The molecule has 0 bridgehead atoms. The summed E-state index contributed by atoms with van der Waals surface area (Å²) in [7, 11) is 0. The van der Waals surface area contributed by atoms with Crippen LogP contribution in [0.1, 0.15) is 56.5 Å². The van der Waals surface area contributed by atoms with E-state index in [0.29, 0.717) is 38.3 Å². The number of ether oxygens (including phenoxy) is 1. The monoisotopic (exact) mass is 544 g/mol. The number of benzene rings is 1. The molecule has 1 atom stereocenters. The Balaban J connectivity index is 0.00000480. The zero-order valence-electron chi connectivity index (χ0n) is 19.2. The summed E-state index contributed by atoms with van der Waals surface area (Å²) in [6.07, 6.45) is 1.80. The summed E-state index contributed by atoms with van der Waals surface area (Å²) in [6.45, 7) is 12.4. The van der Waals surface area contributed by atoms with Crippen LogP contribution in [0.25, 0.3) is 0 Å². The first-order valence-electron chi connectivity index (χ1n) is 11.1. The number of likely N-dealkylation sites (tertiary alicyclic amines) is 1. The number of guanidine groups is 1. The van der Waals surface area contributed by atoms with Crippen LogP contribution in [0.2, 0.25) is 0 Å². The highest BCUT2D eigenvalue weighted by Crippen LogP contribution is 2.18. The number of hydrogen-bond acceptors (Lipinski definition) is 4. The van der Waals surface area contributed by atoms with Crippen molar-refractivity contribution in [2.45, 2.75) is 47.1 Å². The van der Waals surface area contributed by atoms with Gasteiger partial charge < -0.3 is 19.9 Å². The standard InChI is InChI=1S/C23H36N4O3.HI/c1-5-24-23(27-15-9-10-20(17-27)22(29)30-8-4)25-16-18-11-13-19(14-12-18)21(28)26(6-2)7-3;/h11-14,20H,5-10,15-17H2,1-4H3,(H,24,25);1H. The molecule has 1 N–H and O–H groups in total. The minimum Gasteiger partial charge on any atom is -0.466 e. The van der Waals surface area contributed by atoms with E-state index < -0.39 is 0 Å². The third kappa shape index (κ3) is 7.97. The fourth-order valence-electron chi connectivity index (χ4n) is 3.66. The number of hydrogen-bond donors (Lipinski definition) is 1. The van der Waals surface area contributed by atoms with Gasteiger partial charge in [-0.15, -0.1) is 24.0 Å². The Bertz CT molecular complexity index is 720. The molecule has 7 nitrogen and oxygen atoms in total. The van der Waals surface area contributed by atoms with Gasteiger partial charge in [0.2, 0.25) is 0 Å². The van der Waals surface area contributed by atoms with Crippen LogP contribution >= 0.6 is 24.0 Å². The highest BCUT2D eigenvalue weighted by Gasteiger charge is 2.28. The average Bonchev–Trinajstić information content (AvgIpc) is 2.78. The quantitative estimate of drug-likeness (QED) is 0.235. The Morgan fingerprint density at radius 1 is 1.16 bits per heavy atom. The van der Waals surface area contributed by atoms with Gasteiger partial charge in [-0.1, -0.05) is 12.1 Å². The number of esters is 1. The SMILES string of the molecule is CCNC(=NCc1ccc(C(=O)N(CC)CC)cc1)N1CCCC(C(=O)OCC)C1.I. The van der Waals surface area contributed by atoms with E-state index in [1.165, 1.54) is 0 Å². The second-order valence-electron chi connectivity index (χ2n) is 7.38. The van der Waals surface area contributed by atoms with Crippen LogP contribution in [0.4, 0.5) is 0 Å². The van der Waals surface area contributed by atoms with Crippen molar-refractivity contribution in [3.63, 3.8) is 0 Å². The number of rotatable bonds is 8.